The fourth-order valence-electron chi connectivity index (χ4n) is 5.18. The number of hydrogen-bond acceptors (Lipinski definition) is 5. The zero-order chi connectivity index (χ0) is 24.8. The zero-order valence-corrected chi connectivity index (χ0v) is 19.9. The minimum absolute atomic E-state index is 0.000221. The zero-order valence-electron chi connectivity index (χ0n) is 19.9. The van der Waals surface area contributed by atoms with E-state index >= 15 is 0 Å². The molecule has 1 unspecified atom stereocenters. The molecule has 0 aliphatic heterocycles. The maximum atomic E-state index is 12.6. The van der Waals surface area contributed by atoms with Crippen molar-refractivity contribution in [3.8, 4) is 11.1 Å². The van der Waals surface area contributed by atoms with E-state index in [1.54, 1.807) is 0 Å². The first-order valence-corrected chi connectivity index (χ1v) is 12.1. The highest BCUT2D eigenvalue weighted by Crippen LogP contribution is 2.44. The summed E-state index contributed by atoms with van der Waals surface area (Å²) < 4.78 is 10.5. The lowest BCUT2D eigenvalue weighted by molar-refractivity contribution is -0.149. The van der Waals surface area contributed by atoms with Crippen LogP contribution in [0.2, 0.25) is 0 Å². The van der Waals surface area contributed by atoms with Gasteiger partial charge in [0.25, 0.3) is 0 Å². The second-order valence-corrected chi connectivity index (χ2v) is 9.17. The Morgan fingerprint density at radius 3 is 2.31 bits per heavy atom. The summed E-state index contributed by atoms with van der Waals surface area (Å²) >= 11 is 0. The Hall–Kier alpha value is -3.39. The van der Waals surface area contributed by atoms with E-state index in [9.17, 15) is 14.4 Å². The third-order valence-corrected chi connectivity index (χ3v) is 6.98. The lowest BCUT2D eigenvalue weighted by Crippen LogP contribution is -2.43. The maximum Gasteiger partial charge on any atom is 0.407 e. The van der Waals surface area contributed by atoms with Gasteiger partial charge in [-0.15, -0.1) is 0 Å². The Morgan fingerprint density at radius 1 is 1.03 bits per heavy atom. The number of hydrogen-bond donors (Lipinski definition) is 3. The number of methoxy groups -OCH3 is 1. The van der Waals surface area contributed by atoms with Crippen molar-refractivity contribution in [3.63, 3.8) is 0 Å². The SMILES string of the molecule is COC(CCNC(=O)[C@@H]1CCC[C@H](NC(=O)OCC2c3ccccc3-c3ccccc32)C1)C(=O)O. The lowest BCUT2D eigenvalue weighted by atomic mass is 9.85. The van der Waals surface area contributed by atoms with Crippen LogP contribution in [0, 0.1) is 5.92 Å². The van der Waals surface area contributed by atoms with Crippen LogP contribution >= 0.6 is 0 Å². The number of benzene rings is 2. The van der Waals surface area contributed by atoms with Crippen LogP contribution in [-0.2, 0) is 19.1 Å². The molecule has 8 heteroatoms. The van der Waals surface area contributed by atoms with Crippen LogP contribution in [0.4, 0.5) is 4.79 Å². The van der Waals surface area contributed by atoms with E-state index < -0.39 is 18.2 Å². The van der Waals surface area contributed by atoms with Crippen LogP contribution in [0.1, 0.15) is 49.1 Å². The second kappa shape index (κ2) is 11.4. The predicted octanol–water partition coefficient (Wildman–Crippen LogP) is 3.69. The Kier molecular flexibility index (Phi) is 8.02. The molecule has 2 amide bonds. The number of amides is 2. The van der Waals surface area contributed by atoms with Gasteiger partial charge in [-0.2, -0.15) is 0 Å². The van der Waals surface area contributed by atoms with Gasteiger partial charge in [0.1, 0.15) is 6.61 Å². The normalized spacial score (nSPS) is 19.8. The van der Waals surface area contributed by atoms with Gasteiger partial charge in [-0.25, -0.2) is 9.59 Å². The van der Waals surface area contributed by atoms with E-state index in [0.29, 0.717) is 6.42 Å². The van der Waals surface area contributed by atoms with Crippen molar-refractivity contribution in [1.29, 1.82) is 0 Å². The summed E-state index contributed by atoms with van der Waals surface area (Å²) in [5.41, 5.74) is 4.68. The lowest BCUT2D eigenvalue weighted by Gasteiger charge is -2.29. The van der Waals surface area contributed by atoms with Gasteiger partial charge in [0.15, 0.2) is 6.10 Å². The molecule has 8 nitrogen and oxygen atoms in total. The average Bonchev–Trinajstić information content (AvgIpc) is 3.19. The molecule has 2 aliphatic rings. The number of carbonyl (C=O) groups is 3. The van der Waals surface area contributed by atoms with Crippen LogP contribution in [0.3, 0.4) is 0 Å². The van der Waals surface area contributed by atoms with Crippen molar-refractivity contribution in [2.75, 3.05) is 20.3 Å². The molecule has 4 rings (SSSR count). The predicted molar refractivity (Wildman–Crippen MR) is 130 cm³/mol. The summed E-state index contributed by atoms with van der Waals surface area (Å²) in [5, 5.41) is 14.8. The number of rotatable bonds is 9. The summed E-state index contributed by atoms with van der Waals surface area (Å²) in [6, 6.07) is 16.3. The molecule has 35 heavy (non-hydrogen) atoms. The molecule has 0 saturated heterocycles. The average molecular weight is 481 g/mol. The number of alkyl carbamates (subject to hydrolysis) is 1. The molecule has 0 heterocycles. The van der Waals surface area contributed by atoms with Gasteiger partial charge in [-0.05, 0) is 41.5 Å². The molecule has 2 aromatic rings. The molecule has 0 spiro atoms. The van der Waals surface area contributed by atoms with Crippen molar-refractivity contribution < 1.29 is 29.0 Å². The highest BCUT2D eigenvalue weighted by Gasteiger charge is 2.31. The Labute approximate surface area is 205 Å². The van der Waals surface area contributed by atoms with E-state index in [1.807, 2.05) is 24.3 Å². The first kappa shape index (κ1) is 24.7. The van der Waals surface area contributed by atoms with Gasteiger partial charge >= 0.3 is 12.1 Å². The molecular weight excluding hydrogens is 448 g/mol. The van der Waals surface area contributed by atoms with Gasteiger partial charge in [-0.3, -0.25) is 4.79 Å². The maximum absolute atomic E-state index is 12.6. The number of carbonyl (C=O) groups excluding carboxylic acids is 2. The smallest absolute Gasteiger partial charge is 0.407 e. The Balaban J connectivity index is 1.26. The van der Waals surface area contributed by atoms with Crippen LogP contribution in [0.15, 0.2) is 48.5 Å². The van der Waals surface area contributed by atoms with Gasteiger partial charge in [-0.1, -0.05) is 55.0 Å². The van der Waals surface area contributed by atoms with Crippen LogP contribution in [0.5, 0.6) is 0 Å². The number of nitrogens with one attached hydrogen (secondary N) is 2. The number of carboxylic acids is 1. The minimum atomic E-state index is -1.05. The summed E-state index contributed by atoms with van der Waals surface area (Å²) in [4.78, 5) is 36.2. The largest absolute Gasteiger partial charge is 0.479 e. The topological polar surface area (TPSA) is 114 Å². The third kappa shape index (κ3) is 5.82. The van der Waals surface area contributed by atoms with Gasteiger partial charge < -0.3 is 25.2 Å². The van der Waals surface area contributed by atoms with Gasteiger partial charge in [0.2, 0.25) is 5.91 Å². The Bertz CT molecular complexity index is 1030. The molecule has 1 fully saturated rings. The fraction of sp³-hybridized carbons (Fsp3) is 0.444. The van der Waals surface area contributed by atoms with Crippen molar-refractivity contribution >= 4 is 18.0 Å². The number of fused-ring (bicyclic) bond motifs is 3. The van der Waals surface area contributed by atoms with Gasteiger partial charge in [0.05, 0.1) is 0 Å². The molecular formula is C27H32N2O6. The molecule has 0 bridgehead atoms. The van der Waals surface area contributed by atoms with E-state index in [1.165, 1.54) is 18.2 Å². The second-order valence-electron chi connectivity index (χ2n) is 9.17. The first-order valence-electron chi connectivity index (χ1n) is 12.1. The quantitative estimate of drug-likeness (QED) is 0.504. The van der Waals surface area contributed by atoms with E-state index in [4.69, 9.17) is 14.6 Å². The molecule has 0 radical (unpaired) electrons. The minimum Gasteiger partial charge on any atom is -0.479 e. The third-order valence-electron chi connectivity index (χ3n) is 6.98. The van der Waals surface area contributed by atoms with Gasteiger partial charge in [0, 0.05) is 38.0 Å². The molecule has 3 atom stereocenters. The molecule has 186 valence electrons. The van der Waals surface area contributed by atoms with Crippen molar-refractivity contribution in [1.82, 2.24) is 10.6 Å². The monoisotopic (exact) mass is 480 g/mol. The van der Waals surface area contributed by atoms with E-state index in [0.717, 1.165) is 30.4 Å². The summed E-state index contributed by atoms with van der Waals surface area (Å²) in [6.07, 6.45) is 1.67. The van der Waals surface area contributed by atoms with Crippen LogP contribution in [0.25, 0.3) is 11.1 Å². The first-order chi connectivity index (χ1) is 17.0. The van der Waals surface area contributed by atoms with Crippen molar-refractivity contribution in [2.45, 2.75) is 50.2 Å². The Morgan fingerprint density at radius 2 is 1.69 bits per heavy atom. The van der Waals surface area contributed by atoms with E-state index in [-0.39, 0.29) is 43.4 Å². The summed E-state index contributed by atoms with van der Waals surface area (Å²) in [6.45, 7) is 0.478. The molecule has 1 saturated carbocycles. The molecule has 0 aromatic heterocycles. The number of ether oxygens (including phenoxy) is 2. The van der Waals surface area contributed by atoms with Crippen molar-refractivity contribution in [3.05, 3.63) is 59.7 Å². The molecule has 3 N–H and O–H groups in total. The summed E-state index contributed by atoms with van der Waals surface area (Å²) in [5.74, 6) is -1.40. The molecule has 2 aliphatic carbocycles. The van der Waals surface area contributed by atoms with Crippen LogP contribution in [-0.4, -0.2) is 55.5 Å². The highest BCUT2D eigenvalue weighted by atomic mass is 16.5. The van der Waals surface area contributed by atoms with Crippen molar-refractivity contribution in [2.24, 2.45) is 5.92 Å². The fourth-order valence-corrected chi connectivity index (χ4v) is 5.18. The standard InChI is InChI=1S/C27H32N2O6/c1-34-24(26(31)32)13-14-28-25(30)17-7-6-8-18(15-17)29-27(33)35-16-23-21-11-4-2-9-19(21)20-10-3-5-12-22(20)23/h2-5,9-12,17-18,23-24H,6-8,13-16H2,1H3,(H,28,30)(H,29,33)(H,31,32)/t17-,18+,24?/m1/s1. The summed E-state index contributed by atoms with van der Waals surface area (Å²) in [7, 11) is 1.33. The number of carboxylic acid groups (broad SMARTS) is 1. The number of aliphatic carboxylic acids is 1. The highest BCUT2D eigenvalue weighted by molar-refractivity contribution is 5.80. The molecule has 2 aromatic carbocycles. The van der Waals surface area contributed by atoms with E-state index in [2.05, 4.69) is 34.9 Å². The van der Waals surface area contributed by atoms with Crippen LogP contribution < -0.4 is 10.6 Å².